The molecule has 0 aliphatic heterocycles. The molecule has 0 spiro atoms. The van der Waals surface area contributed by atoms with E-state index in [1.54, 1.807) is 12.3 Å². The first-order chi connectivity index (χ1) is 13.4. The summed E-state index contributed by atoms with van der Waals surface area (Å²) in [6, 6.07) is 4.00. The van der Waals surface area contributed by atoms with E-state index in [1.165, 1.54) is 19.3 Å². The molecule has 0 radical (unpaired) electrons. The van der Waals surface area contributed by atoms with Crippen LogP contribution in [0, 0.1) is 5.82 Å². The average molecular weight is 422 g/mol. The van der Waals surface area contributed by atoms with Crippen LogP contribution in [-0.4, -0.2) is 34.1 Å². The van der Waals surface area contributed by atoms with Crippen LogP contribution >= 0.6 is 11.6 Å². The van der Waals surface area contributed by atoms with Crippen LogP contribution < -0.4 is 4.72 Å². The summed E-state index contributed by atoms with van der Waals surface area (Å²) < 4.78 is 40.5. The molecule has 2 aromatic heterocycles. The summed E-state index contributed by atoms with van der Waals surface area (Å²) in [5.74, 6) is 0.312. The van der Waals surface area contributed by atoms with E-state index in [1.807, 2.05) is 0 Å². The molecule has 1 aromatic carbocycles. The second kappa shape index (κ2) is 7.14. The van der Waals surface area contributed by atoms with Gasteiger partial charge in [-0.05, 0) is 38.0 Å². The first kappa shape index (κ1) is 18.8. The van der Waals surface area contributed by atoms with Crippen molar-refractivity contribution in [3.05, 3.63) is 47.4 Å². The van der Waals surface area contributed by atoms with E-state index in [-0.39, 0.29) is 22.0 Å². The molecule has 4 rings (SSSR count). The Kier molecular flexibility index (Phi) is 4.80. The van der Waals surface area contributed by atoms with Crippen molar-refractivity contribution in [2.45, 2.75) is 25.7 Å². The first-order valence-corrected chi connectivity index (χ1v) is 10.8. The van der Waals surface area contributed by atoms with E-state index in [2.05, 4.69) is 24.7 Å². The maximum absolute atomic E-state index is 14.3. The highest BCUT2D eigenvalue weighted by Gasteiger charge is 2.30. The van der Waals surface area contributed by atoms with Crippen molar-refractivity contribution in [1.29, 1.82) is 0 Å². The SMILES string of the molecule is CCS(=O)(=O)Nc1cc(F)cc(-c2nc(C3CC3)[nH]c2-c2ccncn2)c1Cl. The molecule has 1 aliphatic rings. The maximum atomic E-state index is 14.3. The molecular formula is C18H17ClFN5O2S. The number of sulfonamides is 1. The molecule has 28 heavy (non-hydrogen) atoms. The molecule has 0 saturated heterocycles. The maximum Gasteiger partial charge on any atom is 0.232 e. The molecule has 0 atom stereocenters. The highest BCUT2D eigenvalue weighted by Crippen LogP contribution is 2.43. The zero-order valence-electron chi connectivity index (χ0n) is 14.9. The molecule has 2 heterocycles. The molecule has 0 amide bonds. The number of nitrogens with zero attached hydrogens (tertiary/aromatic N) is 3. The molecule has 1 aliphatic carbocycles. The van der Waals surface area contributed by atoms with Gasteiger partial charge in [0.2, 0.25) is 10.0 Å². The third-order valence-electron chi connectivity index (χ3n) is 4.46. The number of aromatic amines is 1. The van der Waals surface area contributed by atoms with Crippen molar-refractivity contribution in [2.24, 2.45) is 0 Å². The van der Waals surface area contributed by atoms with Gasteiger partial charge in [-0.25, -0.2) is 27.8 Å². The van der Waals surface area contributed by atoms with Crippen LogP contribution in [0.4, 0.5) is 10.1 Å². The third kappa shape index (κ3) is 3.72. The topological polar surface area (TPSA) is 101 Å². The van der Waals surface area contributed by atoms with E-state index < -0.39 is 15.8 Å². The molecule has 1 saturated carbocycles. The molecule has 0 unspecified atom stereocenters. The minimum atomic E-state index is -3.62. The number of hydrogen-bond acceptors (Lipinski definition) is 5. The number of halogens is 2. The third-order valence-corrected chi connectivity index (χ3v) is 6.16. The van der Waals surface area contributed by atoms with Crippen molar-refractivity contribution >= 4 is 27.3 Å². The predicted molar refractivity (Wildman–Crippen MR) is 105 cm³/mol. The fourth-order valence-corrected chi connectivity index (χ4v) is 3.78. The summed E-state index contributed by atoms with van der Waals surface area (Å²) in [6.07, 6.45) is 5.05. The summed E-state index contributed by atoms with van der Waals surface area (Å²) >= 11 is 6.46. The minimum Gasteiger partial charge on any atom is -0.340 e. The minimum absolute atomic E-state index is 0.0249. The summed E-state index contributed by atoms with van der Waals surface area (Å²) in [5, 5.41) is 0.0718. The van der Waals surface area contributed by atoms with Gasteiger partial charge in [-0.3, -0.25) is 4.72 Å². The number of aromatic nitrogens is 4. The fraction of sp³-hybridized carbons (Fsp3) is 0.278. The first-order valence-electron chi connectivity index (χ1n) is 8.74. The van der Waals surface area contributed by atoms with Gasteiger partial charge in [0.05, 0.1) is 33.5 Å². The van der Waals surface area contributed by atoms with Crippen molar-refractivity contribution < 1.29 is 12.8 Å². The number of nitrogens with one attached hydrogen (secondary N) is 2. The van der Waals surface area contributed by atoms with Gasteiger partial charge in [-0.2, -0.15) is 0 Å². The van der Waals surface area contributed by atoms with Gasteiger partial charge in [0.25, 0.3) is 0 Å². The van der Waals surface area contributed by atoms with Gasteiger partial charge < -0.3 is 4.98 Å². The van der Waals surface area contributed by atoms with Crippen LogP contribution in [0.5, 0.6) is 0 Å². The molecule has 7 nitrogen and oxygen atoms in total. The highest BCUT2D eigenvalue weighted by molar-refractivity contribution is 7.92. The van der Waals surface area contributed by atoms with Gasteiger partial charge in [0.15, 0.2) is 0 Å². The van der Waals surface area contributed by atoms with Gasteiger partial charge >= 0.3 is 0 Å². The summed E-state index contributed by atoms with van der Waals surface area (Å²) in [6.45, 7) is 1.49. The van der Waals surface area contributed by atoms with Gasteiger partial charge in [0.1, 0.15) is 18.0 Å². The molecule has 2 N–H and O–H groups in total. The van der Waals surface area contributed by atoms with Crippen molar-refractivity contribution in [1.82, 2.24) is 19.9 Å². The normalized spacial score (nSPS) is 14.2. The van der Waals surface area contributed by atoms with Gasteiger partial charge in [0, 0.05) is 17.7 Å². The van der Waals surface area contributed by atoms with E-state index in [4.69, 9.17) is 11.6 Å². The van der Waals surface area contributed by atoms with E-state index in [9.17, 15) is 12.8 Å². The lowest BCUT2D eigenvalue weighted by atomic mass is 10.1. The Morgan fingerprint density at radius 3 is 2.79 bits per heavy atom. The molecule has 10 heteroatoms. The second-order valence-electron chi connectivity index (χ2n) is 6.53. The Bertz CT molecular complexity index is 1130. The number of hydrogen-bond donors (Lipinski definition) is 2. The molecular weight excluding hydrogens is 405 g/mol. The van der Waals surface area contributed by atoms with Crippen molar-refractivity contribution in [3.8, 4) is 22.6 Å². The molecule has 146 valence electrons. The molecule has 3 aromatic rings. The van der Waals surface area contributed by atoms with Crippen LogP contribution in [0.1, 0.15) is 31.5 Å². The Labute approximate surface area is 166 Å². The lowest BCUT2D eigenvalue weighted by Crippen LogP contribution is -2.15. The second-order valence-corrected chi connectivity index (χ2v) is 8.92. The zero-order valence-corrected chi connectivity index (χ0v) is 16.5. The van der Waals surface area contributed by atoms with Gasteiger partial charge in [-0.1, -0.05) is 11.6 Å². The largest absolute Gasteiger partial charge is 0.340 e. The Morgan fingerprint density at radius 1 is 1.36 bits per heavy atom. The number of H-pyrrole nitrogens is 1. The van der Waals surface area contributed by atoms with E-state index >= 15 is 0 Å². The standard InChI is InChI=1S/C18H17ClFN5O2S/c1-2-28(26,27)25-14-8-11(20)7-12(15(14)19)16-17(13-5-6-21-9-22-13)24-18(23-16)10-3-4-10/h5-10,25H,2-4H2,1H3,(H,23,24). The lowest BCUT2D eigenvalue weighted by molar-refractivity contribution is 0.602. The smallest absolute Gasteiger partial charge is 0.232 e. The van der Waals surface area contributed by atoms with Crippen LogP contribution in [0.15, 0.2) is 30.7 Å². The van der Waals surface area contributed by atoms with E-state index in [0.29, 0.717) is 23.0 Å². The Hall–Kier alpha value is -2.52. The predicted octanol–water partition coefficient (Wildman–Crippen LogP) is 3.97. The Morgan fingerprint density at radius 2 is 2.14 bits per heavy atom. The highest BCUT2D eigenvalue weighted by atomic mass is 35.5. The number of benzene rings is 1. The zero-order chi connectivity index (χ0) is 19.9. The molecule has 1 fully saturated rings. The quantitative estimate of drug-likeness (QED) is 0.627. The van der Waals surface area contributed by atoms with Gasteiger partial charge in [-0.15, -0.1) is 0 Å². The lowest BCUT2D eigenvalue weighted by Gasteiger charge is -2.12. The van der Waals surface area contributed by atoms with Crippen LogP contribution in [0.2, 0.25) is 5.02 Å². The number of imidazole rings is 1. The number of anilines is 1. The van der Waals surface area contributed by atoms with Crippen molar-refractivity contribution in [2.75, 3.05) is 10.5 Å². The van der Waals surface area contributed by atoms with Crippen LogP contribution in [0.3, 0.4) is 0 Å². The van der Waals surface area contributed by atoms with Crippen LogP contribution in [-0.2, 0) is 10.0 Å². The van der Waals surface area contributed by atoms with Crippen LogP contribution in [0.25, 0.3) is 22.6 Å². The number of rotatable bonds is 6. The molecule has 0 bridgehead atoms. The Balaban J connectivity index is 1.88. The summed E-state index contributed by atoms with van der Waals surface area (Å²) in [4.78, 5) is 16.1. The fourth-order valence-electron chi connectivity index (χ4n) is 2.84. The summed E-state index contributed by atoms with van der Waals surface area (Å²) in [7, 11) is -3.62. The van der Waals surface area contributed by atoms with E-state index in [0.717, 1.165) is 24.7 Å². The van der Waals surface area contributed by atoms with Crippen molar-refractivity contribution in [3.63, 3.8) is 0 Å². The summed E-state index contributed by atoms with van der Waals surface area (Å²) in [5.41, 5.74) is 1.85. The monoisotopic (exact) mass is 421 g/mol. The average Bonchev–Trinajstić information content (AvgIpc) is 3.44.